The number of nitrogens with zero attached hydrogens (tertiary/aromatic N) is 1. The molecule has 4 heteroatoms. The molecule has 1 aromatic rings. The molecule has 126 valence electrons. The van der Waals surface area contributed by atoms with Crippen molar-refractivity contribution in [3.63, 3.8) is 0 Å². The van der Waals surface area contributed by atoms with Gasteiger partial charge in [0, 0.05) is 25.4 Å². The predicted octanol–water partition coefficient (Wildman–Crippen LogP) is 3.04. The van der Waals surface area contributed by atoms with Gasteiger partial charge >= 0.3 is 0 Å². The maximum atomic E-state index is 12.5. The second kappa shape index (κ2) is 7.35. The summed E-state index contributed by atoms with van der Waals surface area (Å²) in [6.07, 6.45) is 4.19. The number of carbonyl (C=O) groups excluding carboxylic acids is 1. The largest absolute Gasteiger partial charge is 0.494 e. The van der Waals surface area contributed by atoms with Crippen LogP contribution in [-0.4, -0.2) is 42.7 Å². The molecule has 0 bridgehead atoms. The minimum Gasteiger partial charge on any atom is -0.494 e. The lowest BCUT2D eigenvalue weighted by Crippen LogP contribution is -2.44. The Balaban J connectivity index is 1.47. The van der Waals surface area contributed by atoms with E-state index >= 15 is 0 Å². The van der Waals surface area contributed by atoms with Crippen LogP contribution in [0, 0.1) is 5.92 Å². The number of hydrogen-bond acceptors (Lipinski definition) is 3. The molecule has 3 rings (SSSR count). The van der Waals surface area contributed by atoms with E-state index in [1.165, 1.54) is 5.56 Å². The van der Waals surface area contributed by atoms with Crippen LogP contribution >= 0.6 is 0 Å². The van der Waals surface area contributed by atoms with E-state index in [1.807, 2.05) is 24.0 Å². The lowest BCUT2D eigenvalue weighted by molar-refractivity contribution is -0.134. The van der Waals surface area contributed by atoms with Gasteiger partial charge in [-0.05, 0) is 50.8 Å². The molecular weight excluding hydrogens is 290 g/mol. The smallest absolute Gasteiger partial charge is 0.222 e. The Morgan fingerprint density at radius 3 is 2.87 bits per heavy atom. The van der Waals surface area contributed by atoms with E-state index in [9.17, 15) is 4.79 Å². The molecule has 0 aliphatic carbocycles. The molecule has 0 spiro atoms. The van der Waals surface area contributed by atoms with Crippen LogP contribution in [0.25, 0.3) is 0 Å². The molecule has 0 radical (unpaired) electrons. The molecule has 2 fully saturated rings. The molecular formula is C19H27NO3. The summed E-state index contributed by atoms with van der Waals surface area (Å²) in [6.45, 7) is 6.51. The van der Waals surface area contributed by atoms with Gasteiger partial charge in [-0.15, -0.1) is 0 Å². The van der Waals surface area contributed by atoms with E-state index in [-0.39, 0.29) is 5.91 Å². The van der Waals surface area contributed by atoms with Crippen molar-refractivity contribution in [2.45, 2.75) is 51.7 Å². The molecule has 0 N–H and O–H groups in total. The van der Waals surface area contributed by atoms with Gasteiger partial charge in [-0.3, -0.25) is 4.79 Å². The van der Waals surface area contributed by atoms with Gasteiger partial charge < -0.3 is 14.4 Å². The SMILES string of the molecule is CCOc1ccc(CCC(=O)N2CC[C@H]3O[C@H](C)C[C@@H]3C2)cc1. The highest BCUT2D eigenvalue weighted by Crippen LogP contribution is 2.32. The lowest BCUT2D eigenvalue weighted by Gasteiger charge is -2.34. The highest BCUT2D eigenvalue weighted by Gasteiger charge is 2.38. The summed E-state index contributed by atoms with van der Waals surface area (Å²) in [6, 6.07) is 8.06. The van der Waals surface area contributed by atoms with Crippen molar-refractivity contribution in [2.24, 2.45) is 5.92 Å². The zero-order chi connectivity index (χ0) is 16.2. The first-order valence-corrected chi connectivity index (χ1v) is 8.80. The van der Waals surface area contributed by atoms with Crippen LogP contribution in [-0.2, 0) is 16.0 Å². The number of hydrogen-bond donors (Lipinski definition) is 0. The van der Waals surface area contributed by atoms with Crippen molar-refractivity contribution < 1.29 is 14.3 Å². The highest BCUT2D eigenvalue weighted by molar-refractivity contribution is 5.76. The predicted molar refractivity (Wildman–Crippen MR) is 89.6 cm³/mol. The summed E-state index contributed by atoms with van der Waals surface area (Å²) < 4.78 is 11.3. The van der Waals surface area contributed by atoms with Gasteiger partial charge in [-0.25, -0.2) is 0 Å². The molecule has 2 aliphatic heterocycles. The first-order chi connectivity index (χ1) is 11.2. The molecule has 23 heavy (non-hydrogen) atoms. The molecule has 0 aromatic heterocycles. The molecule has 2 heterocycles. The molecule has 1 aromatic carbocycles. The Labute approximate surface area is 138 Å². The molecule has 2 saturated heterocycles. The molecule has 0 unspecified atom stereocenters. The number of carbonyl (C=O) groups is 1. The molecule has 1 amide bonds. The second-order valence-electron chi connectivity index (χ2n) is 6.69. The fourth-order valence-corrected chi connectivity index (χ4v) is 3.75. The van der Waals surface area contributed by atoms with Crippen molar-refractivity contribution in [1.29, 1.82) is 0 Å². The number of piperidine rings is 1. The van der Waals surface area contributed by atoms with E-state index < -0.39 is 0 Å². The Hall–Kier alpha value is -1.55. The lowest BCUT2D eigenvalue weighted by atomic mass is 9.93. The van der Waals surface area contributed by atoms with Gasteiger partial charge in [-0.1, -0.05) is 12.1 Å². The summed E-state index contributed by atoms with van der Waals surface area (Å²) >= 11 is 0. The summed E-state index contributed by atoms with van der Waals surface area (Å²) in [5.74, 6) is 1.70. The Bertz CT molecular complexity index is 528. The summed E-state index contributed by atoms with van der Waals surface area (Å²) in [5.41, 5.74) is 1.19. The first kappa shape index (κ1) is 16.3. The number of aryl methyl sites for hydroxylation is 1. The number of benzene rings is 1. The number of fused-ring (bicyclic) bond motifs is 1. The third kappa shape index (κ3) is 4.05. The first-order valence-electron chi connectivity index (χ1n) is 8.80. The van der Waals surface area contributed by atoms with Crippen LogP contribution in [0.15, 0.2) is 24.3 Å². The Kier molecular flexibility index (Phi) is 5.21. The topological polar surface area (TPSA) is 38.8 Å². The van der Waals surface area contributed by atoms with Gasteiger partial charge in [0.1, 0.15) is 5.75 Å². The van der Waals surface area contributed by atoms with Crippen molar-refractivity contribution in [3.05, 3.63) is 29.8 Å². The molecule has 0 saturated carbocycles. The van der Waals surface area contributed by atoms with E-state index in [0.717, 1.165) is 38.1 Å². The number of ether oxygens (including phenoxy) is 2. The van der Waals surface area contributed by atoms with Gasteiger partial charge in [0.25, 0.3) is 0 Å². The maximum absolute atomic E-state index is 12.5. The van der Waals surface area contributed by atoms with Crippen LogP contribution in [0.2, 0.25) is 0 Å². The highest BCUT2D eigenvalue weighted by atomic mass is 16.5. The van der Waals surface area contributed by atoms with Crippen LogP contribution in [0.1, 0.15) is 38.7 Å². The Morgan fingerprint density at radius 2 is 2.13 bits per heavy atom. The van der Waals surface area contributed by atoms with Crippen molar-refractivity contribution in [3.8, 4) is 5.75 Å². The monoisotopic (exact) mass is 317 g/mol. The third-order valence-electron chi connectivity index (χ3n) is 4.92. The standard InChI is InChI=1S/C19H27NO3/c1-3-22-17-7-4-15(5-8-17)6-9-19(21)20-11-10-18-16(13-20)12-14(2)23-18/h4-5,7-8,14,16,18H,3,6,9-13H2,1-2H3/t14-,16-,18-/m1/s1. The zero-order valence-corrected chi connectivity index (χ0v) is 14.2. The average molecular weight is 317 g/mol. The fraction of sp³-hybridized carbons (Fsp3) is 0.632. The minimum absolute atomic E-state index is 0.275. The van der Waals surface area contributed by atoms with E-state index in [0.29, 0.717) is 31.2 Å². The van der Waals surface area contributed by atoms with E-state index in [4.69, 9.17) is 9.47 Å². The zero-order valence-electron chi connectivity index (χ0n) is 14.2. The average Bonchev–Trinajstić information content (AvgIpc) is 2.93. The van der Waals surface area contributed by atoms with Gasteiger partial charge in [0.2, 0.25) is 5.91 Å². The normalized spacial score (nSPS) is 26.9. The molecule has 2 aliphatic rings. The second-order valence-corrected chi connectivity index (χ2v) is 6.69. The number of rotatable bonds is 5. The Morgan fingerprint density at radius 1 is 1.35 bits per heavy atom. The molecule has 4 nitrogen and oxygen atoms in total. The summed E-state index contributed by atoms with van der Waals surface area (Å²) in [4.78, 5) is 14.5. The number of likely N-dealkylation sites (tertiary alicyclic amines) is 1. The van der Waals surface area contributed by atoms with Crippen LogP contribution in [0.3, 0.4) is 0 Å². The van der Waals surface area contributed by atoms with Crippen LogP contribution < -0.4 is 4.74 Å². The fourth-order valence-electron chi connectivity index (χ4n) is 3.75. The van der Waals surface area contributed by atoms with Crippen molar-refractivity contribution >= 4 is 5.91 Å². The minimum atomic E-state index is 0.275. The summed E-state index contributed by atoms with van der Waals surface area (Å²) in [7, 11) is 0. The van der Waals surface area contributed by atoms with Gasteiger partial charge in [-0.2, -0.15) is 0 Å². The maximum Gasteiger partial charge on any atom is 0.222 e. The van der Waals surface area contributed by atoms with Crippen LogP contribution in [0.5, 0.6) is 5.75 Å². The van der Waals surface area contributed by atoms with E-state index in [1.54, 1.807) is 0 Å². The number of amides is 1. The van der Waals surface area contributed by atoms with Crippen molar-refractivity contribution in [2.75, 3.05) is 19.7 Å². The quantitative estimate of drug-likeness (QED) is 0.838. The summed E-state index contributed by atoms with van der Waals surface area (Å²) in [5, 5.41) is 0. The van der Waals surface area contributed by atoms with Crippen molar-refractivity contribution in [1.82, 2.24) is 4.90 Å². The molecule has 3 atom stereocenters. The van der Waals surface area contributed by atoms with Gasteiger partial charge in [0.15, 0.2) is 0 Å². The van der Waals surface area contributed by atoms with Gasteiger partial charge in [0.05, 0.1) is 18.8 Å². The third-order valence-corrected chi connectivity index (χ3v) is 4.92. The van der Waals surface area contributed by atoms with Crippen LogP contribution in [0.4, 0.5) is 0 Å². The van der Waals surface area contributed by atoms with E-state index in [2.05, 4.69) is 19.1 Å².